The number of benzene rings is 1. The number of aromatic nitrogens is 3. The van der Waals surface area contributed by atoms with Gasteiger partial charge in [-0.05, 0) is 18.2 Å². The molecule has 2 aromatic heterocycles. The first-order chi connectivity index (χ1) is 9.15. The molecule has 1 N–H and O–H groups in total. The van der Waals surface area contributed by atoms with Gasteiger partial charge in [-0.2, -0.15) is 13.5 Å². The van der Waals surface area contributed by atoms with Crippen LogP contribution in [0.2, 0.25) is 0 Å². The van der Waals surface area contributed by atoms with E-state index in [1.807, 2.05) is 6.07 Å². The summed E-state index contributed by atoms with van der Waals surface area (Å²) in [5, 5.41) is 3.92. The fourth-order valence-electron chi connectivity index (χ4n) is 1.65. The molecule has 3 rings (SSSR count). The van der Waals surface area contributed by atoms with Crippen LogP contribution in [0.1, 0.15) is 0 Å². The molecule has 0 unspecified atom stereocenters. The predicted octanol–water partition coefficient (Wildman–Crippen LogP) is 1.53. The van der Waals surface area contributed by atoms with E-state index in [1.165, 1.54) is 10.6 Å². The summed E-state index contributed by atoms with van der Waals surface area (Å²) < 4.78 is 28.2. The van der Waals surface area contributed by atoms with Crippen molar-refractivity contribution < 1.29 is 8.42 Å². The zero-order chi connectivity index (χ0) is 13.3. The van der Waals surface area contributed by atoms with Gasteiger partial charge in [0, 0.05) is 24.1 Å². The average molecular weight is 274 g/mol. The summed E-state index contributed by atoms with van der Waals surface area (Å²) in [6.45, 7) is 0. The summed E-state index contributed by atoms with van der Waals surface area (Å²) >= 11 is 0. The van der Waals surface area contributed by atoms with Crippen LogP contribution in [-0.4, -0.2) is 23.0 Å². The summed E-state index contributed by atoms with van der Waals surface area (Å²) in [4.78, 5) is 4.03. The Kier molecular flexibility index (Phi) is 2.68. The second-order valence-corrected chi connectivity index (χ2v) is 5.51. The highest BCUT2D eigenvalue weighted by atomic mass is 32.2. The lowest BCUT2D eigenvalue weighted by atomic mass is 10.3. The van der Waals surface area contributed by atoms with E-state index in [-0.39, 0.29) is 5.03 Å². The van der Waals surface area contributed by atoms with Crippen molar-refractivity contribution in [2.45, 2.75) is 5.03 Å². The van der Waals surface area contributed by atoms with Gasteiger partial charge in [0.05, 0.1) is 0 Å². The van der Waals surface area contributed by atoms with Crippen molar-refractivity contribution in [1.82, 2.24) is 14.6 Å². The molecule has 0 bridgehead atoms. The molecule has 0 spiro atoms. The van der Waals surface area contributed by atoms with Crippen molar-refractivity contribution in [1.29, 1.82) is 0 Å². The van der Waals surface area contributed by atoms with Gasteiger partial charge < -0.3 is 0 Å². The molecule has 0 saturated carbocycles. The number of nitrogens with zero attached hydrogens (tertiary/aromatic N) is 3. The van der Waals surface area contributed by atoms with Gasteiger partial charge in [-0.25, -0.2) is 9.50 Å². The van der Waals surface area contributed by atoms with Crippen molar-refractivity contribution in [3.05, 3.63) is 54.9 Å². The predicted molar refractivity (Wildman–Crippen MR) is 70.2 cm³/mol. The van der Waals surface area contributed by atoms with Crippen LogP contribution in [0.5, 0.6) is 0 Å². The molecule has 0 amide bonds. The van der Waals surface area contributed by atoms with Gasteiger partial charge in [0.2, 0.25) is 0 Å². The van der Waals surface area contributed by atoms with Crippen LogP contribution in [0, 0.1) is 0 Å². The maximum atomic E-state index is 12.2. The fourth-order valence-corrected chi connectivity index (χ4v) is 2.66. The Morgan fingerprint density at radius 2 is 1.89 bits per heavy atom. The molecule has 0 atom stereocenters. The SMILES string of the molecule is O=S(=O)(Nc1ccccc1)c1cc2ncccn2n1. The van der Waals surface area contributed by atoms with E-state index in [0.29, 0.717) is 11.3 Å². The average Bonchev–Trinajstić information content (AvgIpc) is 2.84. The van der Waals surface area contributed by atoms with E-state index < -0.39 is 10.0 Å². The molecule has 0 aliphatic heterocycles. The van der Waals surface area contributed by atoms with Gasteiger partial charge in [-0.15, -0.1) is 0 Å². The largest absolute Gasteiger partial charge is 0.281 e. The van der Waals surface area contributed by atoms with Crippen molar-refractivity contribution in [2.24, 2.45) is 0 Å². The highest BCUT2D eigenvalue weighted by Crippen LogP contribution is 2.15. The number of fused-ring (bicyclic) bond motifs is 1. The van der Waals surface area contributed by atoms with Crippen molar-refractivity contribution in [2.75, 3.05) is 4.72 Å². The third-order valence-electron chi connectivity index (χ3n) is 2.52. The third-order valence-corrected chi connectivity index (χ3v) is 3.77. The molecule has 19 heavy (non-hydrogen) atoms. The zero-order valence-corrected chi connectivity index (χ0v) is 10.6. The quantitative estimate of drug-likeness (QED) is 0.785. The van der Waals surface area contributed by atoms with Crippen molar-refractivity contribution in [3.63, 3.8) is 0 Å². The maximum Gasteiger partial charge on any atom is 0.281 e. The number of anilines is 1. The summed E-state index contributed by atoms with van der Waals surface area (Å²) in [6, 6.07) is 11.8. The van der Waals surface area contributed by atoms with Crippen LogP contribution >= 0.6 is 0 Å². The van der Waals surface area contributed by atoms with Gasteiger partial charge in [0.1, 0.15) is 0 Å². The molecule has 0 saturated heterocycles. The lowest BCUT2D eigenvalue weighted by Gasteiger charge is -2.04. The Balaban J connectivity index is 2.00. The third kappa shape index (κ3) is 2.27. The Bertz CT molecular complexity index is 779. The fraction of sp³-hybridized carbons (Fsp3) is 0. The first-order valence-electron chi connectivity index (χ1n) is 5.53. The maximum absolute atomic E-state index is 12.2. The molecule has 0 aliphatic rings. The summed E-state index contributed by atoms with van der Waals surface area (Å²) in [5.41, 5.74) is 0.975. The minimum absolute atomic E-state index is 0.0601. The van der Waals surface area contributed by atoms with Crippen LogP contribution < -0.4 is 4.72 Å². The van der Waals surface area contributed by atoms with Crippen LogP contribution in [0.3, 0.4) is 0 Å². The molecule has 6 nitrogen and oxygen atoms in total. The molecular formula is C12H10N4O2S. The van der Waals surface area contributed by atoms with E-state index in [2.05, 4.69) is 14.8 Å². The van der Waals surface area contributed by atoms with Gasteiger partial charge in [-0.3, -0.25) is 4.72 Å². The molecule has 0 radical (unpaired) electrons. The molecule has 0 fully saturated rings. The molecule has 96 valence electrons. The highest BCUT2D eigenvalue weighted by Gasteiger charge is 2.18. The van der Waals surface area contributed by atoms with Crippen molar-refractivity contribution in [3.8, 4) is 0 Å². The second-order valence-electron chi connectivity index (χ2n) is 3.88. The van der Waals surface area contributed by atoms with Crippen LogP contribution in [0.4, 0.5) is 5.69 Å². The van der Waals surface area contributed by atoms with Crippen LogP contribution in [-0.2, 0) is 10.0 Å². The van der Waals surface area contributed by atoms with E-state index in [4.69, 9.17) is 0 Å². The topological polar surface area (TPSA) is 76.4 Å². The number of hydrogen-bond acceptors (Lipinski definition) is 4. The van der Waals surface area contributed by atoms with E-state index >= 15 is 0 Å². The summed E-state index contributed by atoms with van der Waals surface area (Å²) in [5.74, 6) is 0. The van der Waals surface area contributed by atoms with Gasteiger partial charge in [0.15, 0.2) is 10.7 Å². The Labute approximate surface area is 109 Å². The number of nitrogens with one attached hydrogen (secondary N) is 1. The van der Waals surface area contributed by atoms with E-state index in [0.717, 1.165) is 0 Å². The molecule has 1 aromatic carbocycles. The Morgan fingerprint density at radius 3 is 2.63 bits per heavy atom. The molecule has 2 heterocycles. The number of para-hydroxylation sites is 1. The molecule has 0 aliphatic carbocycles. The normalized spacial score (nSPS) is 11.6. The van der Waals surface area contributed by atoms with Gasteiger partial charge in [0.25, 0.3) is 10.0 Å². The van der Waals surface area contributed by atoms with Crippen molar-refractivity contribution >= 4 is 21.4 Å². The monoisotopic (exact) mass is 274 g/mol. The first-order valence-corrected chi connectivity index (χ1v) is 7.02. The Morgan fingerprint density at radius 1 is 1.11 bits per heavy atom. The first kappa shape index (κ1) is 11.7. The number of sulfonamides is 1. The van der Waals surface area contributed by atoms with E-state index in [9.17, 15) is 8.42 Å². The van der Waals surface area contributed by atoms with Crippen LogP contribution in [0.25, 0.3) is 5.65 Å². The number of hydrogen-bond donors (Lipinski definition) is 1. The van der Waals surface area contributed by atoms with Gasteiger partial charge in [-0.1, -0.05) is 18.2 Å². The van der Waals surface area contributed by atoms with Gasteiger partial charge >= 0.3 is 0 Å². The standard InChI is InChI=1S/C12H10N4O2S/c17-19(18,15-10-5-2-1-3-6-10)12-9-11-13-7-4-8-16(11)14-12/h1-9,15H. The molecule has 7 heteroatoms. The van der Waals surface area contributed by atoms with E-state index in [1.54, 1.807) is 42.7 Å². The Hall–Kier alpha value is -2.41. The molecule has 3 aromatic rings. The minimum atomic E-state index is -3.70. The molecular weight excluding hydrogens is 264 g/mol. The minimum Gasteiger partial charge on any atom is -0.278 e. The summed E-state index contributed by atoms with van der Waals surface area (Å²) in [7, 11) is -3.70. The second kappa shape index (κ2) is 4.36. The lowest BCUT2D eigenvalue weighted by molar-refractivity contribution is 0.596. The lowest BCUT2D eigenvalue weighted by Crippen LogP contribution is -2.13. The number of rotatable bonds is 3. The summed E-state index contributed by atoms with van der Waals surface area (Å²) in [6.07, 6.45) is 3.22. The smallest absolute Gasteiger partial charge is 0.278 e. The van der Waals surface area contributed by atoms with Crippen LogP contribution in [0.15, 0.2) is 59.9 Å². The zero-order valence-electron chi connectivity index (χ0n) is 9.76. The highest BCUT2D eigenvalue weighted by molar-refractivity contribution is 7.92.